The van der Waals surface area contributed by atoms with Gasteiger partial charge in [0, 0.05) is 50.4 Å². The van der Waals surface area contributed by atoms with Crippen LogP contribution in [-0.2, 0) is 23.5 Å². The summed E-state index contributed by atoms with van der Waals surface area (Å²) in [5.41, 5.74) is 2.12. The third kappa shape index (κ3) is 3.84. The summed E-state index contributed by atoms with van der Waals surface area (Å²) in [6.45, 7) is 3.34. The van der Waals surface area contributed by atoms with E-state index in [0.29, 0.717) is 32.1 Å². The maximum absolute atomic E-state index is 12.2. The number of urea groups is 1. The van der Waals surface area contributed by atoms with Crippen molar-refractivity contribution in [1.29, 1.82) is 0 Å². The van der Waals surface area contributed by atoms with Gasteiger partial charge in [-0.1, -0.05) is 0 Å². The molecule has 0 saturated carbocycles. The minimum absolute atomic E-state index is 0.0254. The van der Waals surface area contributed by atoms with Gasteiger partial charge in [-0.3, -0.25) is 4.79 Å². The Balaban J connectivity index is 1.26. The Kier molecular flexibility index (Phi) is 4.98. The molecule has 0 spiro atoms. The maximum atomic E-state index is 12.2. The molecule has 3 aliphatic rings. The molecule has 136 valence electrons. The van der Waals surface area contributed by atoms with Crippen LogP contribution in [0.15, 0.2) is 10.9 Å². The van der Waals surface area contributed by atoms with Crippen molar-refractivity contribution < 1.29 is 9.53 Å². The Morgan fingerprint density at radius 3 is 3.12 bits per heavy atom. The lowest BCUT2D eigenvalue weighted by molar-refractivity contribution is 0.0913. The van der Waals surface area contributed by atoms with Gasteiger partial charge in [-0.15, -0.1) is 0 Å². The van der Waals surface area contributed by atoms with E-state index in [-0.39, 0.29) is 17.7 Å². The highest BCUT2D eigenvalue weighted by Crippen LogP contribution is 2.22. The summed E-state index contributed by atoms with van der Waals surface area (Å²) in [5.74, 6) is 2.26. The molecule has 2 saturated heterocycles. The Labute approximate surface area is 151 Å². The van der Waals surface area contributed by atoms with Crippen LogP contribution in [0.3, 0.4) is 0 Å². The molecule has 4 heterocycles. The van der Waals surface area contributed by atoms with Crippen LogP contribution >= 0.6 is 11.8 Å². The first kappa shape index (κ1) is 16.9. The molecule has 8 heteroatoms. The molecule has 1 N–H and O–H groups in total. The minimum Gasteiger partial charge on any atom is -0.376 e. The summed E-state index contributed by atoms with van der Waals surface area (Å²) in [6, 6.07) is 1.70. The van der Waals surface area contributed by atoms with Crippen molar-refractivity contribution in [2.45, 2.75) is 37.7 Å². The van der Waals surface area contributed by atoms with Crippen molar-refractivity contribution >= 4 is 17.8 Å². The number of hydrogen-bond acceptors (Lipinski definition) is 5. The normalized spacial score (nSPS) is 23.2. The second kappa shape index (κ2) is 7.37. The van der Waals surface area contributed by atoms with Crippen molar-refractivity contribution in [2.75, 3.05) is 32.0 Å². The standard InChI is InChI=1S/C17H24N4O3S/c22-16-6-13-11-25-5-3-15(13)19-21(16)10-12-8-20(9-12)17(23)18-7-14-2-1-4-24-14/h6,12,14H,1-5,7-11H2,(H,18,23). The summed E-state index contributed by atoms with van der Waals surface area (Å²) in [4.78, 5) is 26.1. The van der Waals surface area contributed by atoms with Gasteiger partial charge in [0.2, 0.25) is 0 Å². The maximum Gasteiger partial charge on any atom is 0.317 e. The van der Waals surface area contributed by atoms with Gasteiger partial charge >= 0.3 is 6.03 Å². The van der Waals surface area contributed by atoms with Gasteiger partial charge in [0.15, 0.2) is 0 Å². The molecule has 0 aromatic carbocycles. The number of carbonyl (C=O) groups is 1. The second-order valence-corrected chi connectivity index (χ2v) is 8.14. The molecule has 2 amide bonds. The van der Waals surface area contributed by atoms with E-state index in [2.05, 4.69) is 10.4 Å². The van der Waals surface area contributed by atoms with Gasteiger partial charge in [-0.25, -0.2) is 9.48 Å². The fraction of sp³-hybridized carbons (Fsp3) is 0.706. The Hall–Kier alpha value is -1.54. The van der Waals surface area contributed by atoms with E-state index in [1.54, 1.807) is 15.6 Å². The van der Waals surface area contributed by atoms with Crippen LogP contribution in [0.25, 0.3) is 0 Å². The Morgan fingerprint density at radius 1 is 1.44 bits per heavy atom. The van der Waals surface area contributed by atoms with E-state index in [1.165, 1.54) is 0 Å². The number of aromatic nitrogens is 2. The van der Waals surface area contributed by atoms with Crippen LogP contribution in [0.2, 0.25) is 0 Å². The van der Waals surface area contributed by atoms with Crippen molar-refractivity contribution in [1.82, 2.24) is 20.0 Å². The minimum atomic E-state index is -0.0329. The third-order valence-electron chi connectivity index (χ3n) is 5.09. The number of fused-ring (bicyclic) bond motifs is 1. The quantitative estimate of drug-likeness (QED) is 0.857. The Bertz CT molecular complexity index is 696. The van der Waals surface area contributed by atoms with Crippen LogP contribution in [0.5, 0.6) is 0 Å². The van der Waals surface area contributed by atoms with Gasteiger partial charge in [0.25, 0.3) is 5.56 Å². The van der Waals surface area contributed by atoms with E-state index in [0.717, 1.165) is 48.6 Å². The van der Waals surface area contributed by atoms with Crippen LogP contribution < -0.4 is 10.9 Å². The molecule has 7 nitrogen and oxygen atoms in total. The summed E-state index contributed by atoms with van der Waals surface area (Å²) in [6.07, 6.45) is 3.20. The van der Waals surface area contributed by atoms with Crippen LogP contribution in [0.4, 0.5) is 4.79 Å². The smallest absolute Gasteiger partial charge is 0.317 e. The predicted molar refractivity (Wildman–Crippen MR) is 95.8 cm³/mol. The summed E-state index contributed by atoms with van der Waals surface area (Å²) in [7, 11) is 0. The van der Waals surface area contributed by atoms with E-state index >= 15 is 0 Å². The number of ether oxygens (including phenoxy) is 1. The Morgan fingerprint density at radius 2 is 2.32 bits per heavy atom. The van der Waals surface area contributed by atoms with Gasteiger partial charge in [0.1, 0.15) is 0 Å². The number of amides is 2. The number of nitrogens with one attached hydrogen (secondary N) is 1. The monoisotopic (exact) mass is 364 g/mol. The SMILES string of the molecule is O=C(NCC1CCCO1)N1CC(Cn2nc3c(cc2=O)CSCC3)C1. The molecule has 25 heavy (non-hydrogen) atoms. The average molecular weight is 364 g/mol. The number of likely N-dealkylation sites (tertiary alicyclic amines) is 1. The lowest BCUT2D eigenvalue weighted by Gasteiger charge is -2.39. The van der Waals surface area contributed by atoms with E-state index in [1.807, 2.05) is 11.8 Å². The molecule has 0 bridgehead atoms. The molecule has 3 aliphatic heterocycles. The van der Waals surface area contributed by atoms with Crippen LogP contribution in [-0.4, -0.2) is 58.8 Å². The first-order valence-electron chi connectivity index (χ1n) is 9.01. The second-order valence-electron chi connectivity index (χ2n) is 7.03. The highest BCUT2D eigenvalue weighted by atomic mass is 32.2. The van der Waals surface area contributed by atoms with Crippen molar-refractivity contribution in [2.24, 2.45) is 5.92 Å². The number of carbonyl (C=O) groups excluding carboxylic acids is 1. The van der Waals surface area contributed by atoms with Gasteiger partial charge < -0.3 is 15.0 Å². The van der Waals surface area contributed by atoms with E-state index < -0.39 is 0 Å². The largest absolute Gasteiger partial charge is 0.376 e. The molecule has 1 unspecified atom stereocenters. The highest BCUT2D eigenvalue weighted by Gasteiger charge is 2.32. The topological polar surface area (TPSA) is 76.5 Å². The average Bonchev–Trinajstić information content (AvgIpc) is 3.09. The molecular weight excluding hydrogens is 340 g/mol. The zero-order valence-electron chi connectivity index (χ0n) is 14.3. The first-order chi connectivity index (χ1) is 12.2. The van der Waals surface area contributed by atoms with Gasteiger partial charge in [-0.05, 0) is 24.2 Å². The summed E-state index contributed by atoms with van der Waals surface area (Å²) in [5, 5.41) is 7.49. The van der Waals surface area contributed by atoms with E-state index in [9.17, 15) is 9.59 Å². The summed E-state index contributed by atoms with van der Waals surface area (Å²) < 4.78 is 7.10. The lowest BCUT2D eigenvalue weighted by atomic mass is 10.0. The zero-order valence-corrected chi connectivity index (χ0v) is 15.1. The molecule has 1 atom stereocenters. The fourth-order valence-corrected chi connectivity index (χ4v) is 4.55. The molecule has 1 aromatic heterocycles. The molecule has 0 aliphatic carbocycles. The molecular formula is C17H24N4O3S. The molecule has 0 radical (unpaired) electrons. The van der Waals surface area contributed by atoms with Crippen molar-refractivity contribution in [3.05, 3.63) is 27.7 Å². The number of nitrogens with zero attached hydrogens (tertiary/aromatic N) is 3. The summed E-state index contributed by atoms with van der Waals surface area (Å²) >= 11 is 1.85. The van der Waals surface area contributed by atoms with E-state index in [4.69, 9.17) is 4.74 Å². The molecule has 1 aromatic rings. The number of aryl methyl sites for hydroxylation is 1. The van der Waals surface area contributed by atoms with Gasteiger partial charge in [0.05, 0.1) is 18.3 Å². The van der Waals surface area contributed by atoms with Crippen LogP contribution in [0, 0.1) is 5.92 Å². The molecule has 2 fully saturated rings. The predicted octanol–water partition coefficient (Wildman–Crippen LogP) is 0.853. The number of hydrogen-bond donors (Lipinski definition) is 1. The highest BCUT2D eigenvalue weighted by molar-refractivity contribution is 7.98. The van der Waals surface area contributed by atoms with Crippen molar-refractivity contribution in [3.63, 3.8) is 0 Å². The van der Waals surface area contributed by atoms with Gasteiger partial charge in [-0.2, -0.15) is 16.9 Å². The van der Waals surface area contributed by atoms with Crippen molar-refractivity contribution in [3.8, 4) is 0 Å². The third-order valence-corrected chi connectivity index (χ3v) is 6.09. The fourth-order valence-electron chi connectivity index (χ4n) is 3.60. The number of thioether (sulfide) groups is 1. The number of rotatable bonds is 4. The molecule has 4 rings (SSSR count). The zero-order chi connectivity index (χ0) is 17.2. The lowest BCUT2D eigenvalue weighted by Crippen LogP contribution is -2.56. The first-order valence-corrected chi connectivity index (χ1v) is 10.2. The van der Waals surface area contributed by atoms with Crippen LogP contribution in [0.1, 0.15) is 24.1 Å².